The molecule has 0 fully saturated rings. The highest BCUT2D eigenvalue weighted by Gasteiger charge is 2.31. The molecule has 1 N–H and O–H groups in total. The standard InChI is InChI=1S/C14H21NO6/c1-5-10(16)9(4)13(8(2)3)21-14(17)11-6-7-12(20-11)15(18)19/h6-10,13,16H,5H2,1-4H3/t9-,10-,13-/m0/s1. The van der Waals surface area contributed by atoms with E-state index in [4.69, 9.17) is 9.15 Å². The minimum atomic E-state index is -0.767. The van der Waals surface area contributed by atoms with Gasteiger partial charge >= 0.3 is 11.9 Å². The van der Waals surface area contributed by atoms with Crippen LogP contribution in [0.2, 0.25) is 0 Å². The molecular formula is C14H21NO6. The van der Waals surface area contributed by atoms with E-state index in [1.54, 1.807) is 6.92 Å². The van der Waals surface area contributed by atoms with Crippen molar-refractivity contribution in [2.24, 2.45) is 11.8 Å². The molecule has 0 bridgehead atoms. The van der Waals surface area contributed by atoms with Crippen molar-refractivity contribution in [3.63, 3.8) is 0 Å². The maximum absolute atomic E-state index is 12.0. The van der Waals surface area contributed by atoms with E-state index in [0.29, 0.717) is 6.42 Å². The Bertz CT molecular complexity index is 495. The van der Waals surface area contributed by atoms with Gasteiger partial charge in [0.15, 0.2) is 0 Å². The van der Waals surface area contributed by atoms with Gasteiger partial charge in [0.2, 0.25) is 5.76 Å². The van der Waals surface area contributed by atoms with Crippen molar-refractivity contribution >= 4 is 11.9 Å². The Morgan fingerprint density at radius 2 is 2.05 bits per heavy atom. The maximum Gasteiger partial charge on any atom is 0.433 e. The van der Waals surface area contributed by atoms with Crippen molar-refractivity contribution < 1.29 is 24.0 Å². The van der Waals surface area contributed by atoms with E-state index in [1.807, 2.05) is 20.8 Å². The molecule has 0 aromatic carbocycles. The second kappa shape index (κ2) is 7.21. The van der Waals surface area contributed by atoms with Crippen molar-refractivity contribution in [3.8, 4) is 0 Å². The van der Waals surface area contributed by atoms with E-state index in [0.717, 1.165) is 6.07 Å². The first-order valence-electron chi connectivity index (χ1n) is 6.91. The zero-order valence-corrected chi connectivity index (χ0v) is 12.6. The van der Waals surface area contributed by atoms with Crippen LogP contribution in [0.1, 0.15) is 44.7 Å². The summed E-state index contributed by atoms with van der Waals surface area (Å²) >= 11 is 0. The monoisotopic (exact) mass is 299 g/mol. The molecule has 7 nitrogen and oxygen atoms in total. The summed E-state index contributed by atoms with van der Waals surface area (Å²) in [6, 6.07) is 2.31. The number of rotatable bonds is 7. The van der Waals surface area contributed by atoms with Gasteiger partial charge in [-0.05, 0) is 18.4 Å². The van der Waals surface area contributed by atoms with E-state index in [1.165, 1.54) is 6.07 Å². The molecule has 1 rings (SSSR count). The summed E-state index contributed by atoms with van der Waals surface area (Å²) in [5, 5.41) is 20.4. The Morgan fingerprint density at radius 3 is 2.48 bits per heavy atom. The third-order valence-electron chi connectivity index (χ3n) is 3.42. The number of carbonyl (C=O) groups is 1. The molecule has 0 aliphatic heterocycles. The van der Waals surface area contributed by atoms with Gasteiger partial charge in [0.25, 0.3) is 0 Å². The molecule has 21 heavy (non-hydrogen) atoms. The number of hydrogen-bond donors (Lipinski definition) is 1. The first-order chi connectivity index (χ1) is 9.77. The second-order valence-corrected chi connectivity index (χ2v) is 5.34. The summed E-state index contributed by atoms with van der Waals surface area (Å²) in [7, 11) is 0. The molecule has 0 saturated carbocycles. The van der Waals surface area contributed by atoms with Gasteiger partial charge < -0.3 is 14.3 Å². The number of aliphatic hydroxyl groups is 1. The maximum atomic E-state index is 12.0. The molecule has 1 aromatic heterocycles. The molecule has 0 unspecified atom stereocenters. The quantitative estimate of drug-likeness (QED) is 0.471. The first kappa shape index (κ1) is 17.2. The van der Waals surface area contributed by atoms with Crippen molar-refractivity contribution in [2.45, 2.75) is 46.3 Å². The molecule has 0 spiro atoms. The Morgan fingerprint density at radius 1 is 1.43 bits per heavy atom. The Kier molecular flexibility index (Phi) is 5.90. The summed E-state index contributed by atoms with van der Waals surface area (Å²) in [6.07, 6.45) is -0.540. The lowest BCUT2D eigenvalue weighted by Gasteiger charge is -2.29. The number of carbonyl (C=O) groups excluding carboxylic acids is 1. The lowest BCUT2D eigenvalue weighted by atomic mass is 9.89. The highest BCUT2D eigenvalue weighted by Crippen LogP contribution is 2.24. The average Bonchev–Trinajstić information content (AvgIpc) is 2.92. The van der Waals surface area contributed by atoms with Crippen LogP contribution in [-0.2, 0) is 4.74 Å². The summed E-state index contributed by atoms with van der Waals surface area (Å²) in [5.41, 5.74) is 0. The van der Waals surface area contributed by atoms with Gasteiger partial charge in [-0.1, -0.05) is 27.7 Å². The fourth-order valence-electron chi connectivity index (χ4n) is 2.16. The van der Waals surface area contributed by atoms with Gasteiger partial charge in [0, 0.05) is 5.92 Å². The van der Waals surface area contributed by atoms with Crippen LogP contribution in [0.3, 0.4) is 0 Å². The summed E-state index contributed by atoms with van der Waals surface area (Å²) < 4.78 is 10.2. The van der Waals surface area contributed by atoms with Crippen LogP contribution in [0.25, 0.3) is 0 Å². The van der Waals surface area contributed by atoms with E-state index < -0.39 is 29.0 Å². The molecule has 0 radical (unpaired) electrons. The summed E-state index contributed by atoms with van der Waals surface area (Å²) in [5.74, 6) is -1.74. The Balaban J connectivity index is 2.83. The van der Waals surface area contributed by atoms with E-state index in [-0.39, 0.29) is 17.6 Å². The number of ether oxygens (including phenoxy) is 1. The minimum Gasteiger partial charge on any atom is -0.456 e. The smallest absolute Gasteiger partial charge is 0.433 e. The van der Waals surface area contributed by atoms with E-state index >= 15 is 0 Å². The van der Waals surface area contributed by atoms with Gasteiger partial charge in [0.05, 0.1) is 12.2 Å². The Hall–Kier alpha value is -1.89. The number of nitrogens with zero attached hydrogens (tertiary/aromatic N) is 1. The molecule has 7 heteroatoms. The van der Waals surface area contributed by atoms with E-state index in [2.05, 4.69) is 0 Å². The van der Waals surface area contributed by atoms with Crippen LogP contribution in [-0.4, -0.2) is 28.2 Å². The van der Waals surface area contributed by atoms with Gasteiger partial charge in [-0.25, -0.2) is 4.79 Å². The summed E-state index contributed by atoms with van der Waals surface area (Å²) in [6.45, 7) is 7.40. The molecule has 0 aliphatic rings. The minimum absolute atomic E-state index is 0.00454. The van der Waals surface area contributed by atoms with E-state index in [9.17, 15) is 20.0 Å². The Labute approximate surface area is 123 Å². The molecule has 0 amide bonds. The molecular weight excluding hydrogens is 278 g/mol. The normalized spacial score (nSPS) is 15.5. The number of furan rings is 1. The molecule has 0 saturated heterocycles. The molecule has 1 aromatic rings. The van der Waals surface area contributed by atoms with Crippen molar-refractivity contribution in [1.29, 1.82) is 0 Å². The zero-order valence-electron chi connectivity index (χ0n) is 12.6. The fourth-order valence-corrected chi connectivity index (χ4v) is 2.16. The predicted molar refractivity (Wildman–Crippen MR) is 74.9 cm³/mol. The van der Waals surface area contributed by atoms with Gasteiger partial charge in [-0.2, -0.15) is 0 Å². The highest BCUT2D eigenvalue weighted by atomic mass is 16.7. The number of esters is 1. The van der Waals surface area contributed by atoms with Gasteiger partial charge in [0.1, 0.15) is 11.0 Å². The SMILES string of the molecule is CC[C@H](O)[C@H](C)[C@@H](OC(=O)c1ccc([N+](=O)[O-])o1)C(C)C. The van der Waals surface area contributed by atoms with Crippen molar-refractivity contribution in [1.82, 2.24) is 0 Å². The highest BCUT2D eigenvalue weighted by molar-refractivity contribution is 5.86. The predicted octanol–water partition coefficient (Wildman–Crippen LogP) is 2.78. The molecule has 118 valence electrons. The average molecular weight is 299 g/mol. The van der Waals surface area contributed by atoms with Crippen LogP contribution in [0.15, 0.2) is 16.5 Å². The zero-order chi connectivity index (χ0) is 16.2. The second-order valence-electron chi connectivity index (χ2n) is 5.34. The third-order valence-corrected chi connectivity index (χ3v) is 3.42. The topological polar surface area (TPSA) is 103 Å². The van der Waals surface area contributed by atoms with Gasteiger partial charge in [-0.3, -0.25) is 10.1 Å². The third kappa shape index (κ3) is 4.29. The van der Waals surface area contributed by atoms with Crippen LogP contribution >= 0.6 is 0 Å². The number of aliphatic hydroxyl groups excluding tert-OH is 1. The number of nitro groups is 1. The van der Waals surface area contributed by atoms with Crippen LogP contribution in [0.5, 0.6) is 0 Å². The fraction of sp³-hybridized carbons (Fsp3) is 0.643. The number of hydrogen-bond acceptors (Lipinski definition) is 6. The van der Waals surface area contributed by atoms with Crippen LogP contribution in [0.4, 0.5) is 5.88 Å². The lowest BCUT2D eigenvalue weighted by Crippen LogP contribution is -2.36. The van der Waals surface area contributed by atoms with Gasteiger partial charge in [-0.15, -0.1) is 0 Å². The molecule has 1 heterocycles. The largest absolute Gasteiger partial charge is 0.456 e. The van der Waals surface area contributed by atoms with Crippen molar-refractivity contribution in [3.05, 3.63) is 28.0 Å². The van der Waals surface area contributed by atoms with Crippen LogP contribution in [0, 0.1) is 22.0 Å². The van der Waals surface area contributed by atoms with Crippen molar-refractivity contribution in [2.75, 3.05) is 0 Å². The lowest BCUT2D eigenvalue weighted by molar-refractivity contribution is -0.402. The molecule has 0 aliphatic carbocycles. The van der Waals surface area contributed by atoms with Crippen LogP contribution < -0.4 is 0 Å². The molecule has 3 atom stereocenters. The summed E-state index contributed by atoms with van der Waals surface area (Å²) in [4.78, 5) is 21.8. The first-order valence-corrected chi connectivity index (χ1v) is 6.91.